The van der Waals surface area contributed by atoms with Crippen molar-refractivity contribution in [2.45, 2.75) is 26.7 Å². The van der Waals surface area contributed by atoms with Crippen molar-refractivity contribution in [1.82, 2.24) is 0 Å². The molecule has 1 amide bonds. The van der Waals surface area contributed by atoms with Gasteiger partial charge in [-0.2, -0.15) is 11.3 Å². The van der Waals surface area contributed by atoms with Crippen LogP contribution in [0.25, 0.3) is 0 Å². The molecule has 19 heavy (non-hydrogen) atoms. The van der Waals surface area contributed by atoms with Crippen LogP contribution in [0.4, 0.5) is 5.69 Å². The molecule has 0 aliphatic carbocycles. The number of aryl methyl sites for hydroxylation is 1. The molecule has 2 rings (SSSR count). The van der Waals surface area contributed by atoms with Crippen molar-refractivity contribution in [3.8, 4) is 5.75 Å². The van der Waals surface area contributed by atoms with Crippen molar-refractivity contribution >= 4 is 22.9 Å². The second-order valence-corrected chi connectivity index (χ2v) is 5.63. The molecule has 0 fully saturated rings. The van der Waals surface area contributed by atoms with E-state index in [1.54, 1.807) is 12.1 Å². The summed E-state index contributed by atoms with van der Waals surface area (Å²) in [4.78, 5) is 12.0. The molecule has 4 heteroatoms. The van der Waals surface area contributed by atoms with Gasteiger partial charge in [0.2, 0.25) is 0 Å². The van der Waals surface area contributed by atoms with Crippen LogP contribution in [0.15, 0.2) is 29.0 Å². The Kier molecular flexibility index (Phi) is 3.90. The van der Waals surface area contributed by atoms with Crippen LogP contribution in [-0.2, 0) is 0 Å². The first-order valence-corrected chi connectivity index (χ1v) is 7.10. The predicted molar refractivity (Wildman–Crippen MR) is 79.2 cm³/mol. The number of rotatable bonds is 3. The number of nitrogens with one attached hydrogen (secondary N) is 1. The second kappa shape index (κ2) is 5.45. The summed E-state index contributed by atoms with van der Waals surface area (Å²) in [7, 11) is 0. The van der Waals surface area contributed by atoms with E-state index in [-0.39, 0.29) is 17.6 Å². The lowest BCUT2D eigenvalue weighted by Crippen LogP contribution is -2.12. The summed E-state index contributed by atoms with van der Waals surface area (Å²) < 4.78 is 0. The molecular weight excluding hydrogens is 258 g/mol. The molecule has 0 radical (unpaired) electrons. The number of thiophene rings is 1. The Hall–Kier alpha value is -1.81. The minimum Gasteiger partial charge on any atom is -0.508 e. The third-order valence-electron chi connectivity index (χ3n) is 3.03. The van der Waals surface area contributed by atoms with Gasteiger partial charge >= 0.3 is 0 Å². The normalized spacial score (nSPS) is 10.7. The highest BCUT2D eigenvalue weighted by Gasteiger charge is 2.12. The van der Waals surface area contributed by atoms with Gasteiger partial charge in [0, 0.05) is 11.1 Å². The van der Waals surface area contributed by atoms with Gasteiger partial charge < -0.3 is 10.4 Å². The fourth-order valence-corrected chi connectivity index (χ4v) is 2.53. The molecule has 0 spiro atoms. The van der Waals surface area contributed by atoms with Crippen LogP contribution in [0.5, 0.6) is 5.75 Å². The number of hydrogen-bond acceptors (Lipinski definition) is 3. The summed E-state index contributed by atoms with van der Waals surface area (Å²) in [6.45, 7) is 5.89. The number of amides is 1. The molecular formula is C15H17NO2S. The third-order valence-corrected chi connectivity index (χ3v) is 3.71. The number of phenolic OH excluding ortho intramolecular Hbond substituents is 1. The molecule has 0 unspecified atom stereocenters. The van der Waals surface area contributed by atoms with E-state index in [4.69, 9.17) is 0 Å². The quantitative estimate of drug-likeness (QED) is 0.827. The van der Waals surface area contributed by atoms with Crippen LogP contribution in [0, 0.1) is 6.92 Å². The van der Waals surface area contributed by atoms with Crippen LogP contribution >= 0.6 is 11.3 Å². The van der Waals surface area contributed by atoms with Crippen LogP contribution < -0.4 is 5.32 Å². The van der Waals surface area contributed by atoms with Gasteiger partial charge in [-0.3, -0.25) is 4.79 Å². The Balaban J connectivity index is 2.30. The Bertz CT molecular complexity index is 588. The lowest BCUT2D eigenvalue weighted by molar-refractivity contribution is 0.102. The van der Waals surface area contributed by atoms with Gasteiger partial charge in [0.25, 0.3) is 5.91 Å². The van der Waals surface area contributed by atoms with E-state index in [2.05, 4.69) is 5.32 Å². The fourth-order valence-electron chi connectivity index (χ4n) is 1.89. The maximum atomic E-state index is 12.0. The van der Waals surface area contributed by atoms with Crippen LogP contribution in [0.2, 0.25) is 0 Å². The Morgan fingerprint density at radius 2 is 2.11 bits per heavy atom. The van der Waals surface area contributed by atoms with Gasteiger partial charge in [0.15, 0.2) is 0 Å². The van der Waals surface area contributed by atoms with Crippen molar-refractivity contribution in [2.75, 3.05) is 5.32 Å². The van der Waals surface area contributed by atoms with E-state index >= 15 is 0 Å². The highest BCUT2D eigenvalue weighted by molar-refractivity contribution is 7.08. The minimum atomic E-state index is -0.121. The Morgan fingerprint density at radius 3 is 2.68 bits per heavy atom. The zero-order valence-corrected chi connectivity index (χ0v) is 12.0. The van der Waals surface area contributed by atoms with Crippen LogP contribution in [0.3, 0.4) is 0 Å². The first kappa shape index (κ1) is 13.6. The molecule has 2 N–H and O–H groups in total. The maximum Gasteiger partial charge on any atom is 0.256 e. The van der Waals surface area contributed by atoms with Gasteiger partial charge in [0.1, 0.15) is 5.75 Å². The number of hydrogen-bond donors (Lipinski definition) is 2. The summed E-state index contributed by atoms with van der Waals surface area (Å²) in [5.74, 6) is 0.364. The van der Waals surface area contributed by atoms with E-state index in [1.165, 1.54) is 11.3 Å². The van der Waals surface area contributed by atoms with Crippen molar-refractivity contribution in [2.24, 2.45) is 0 Å². The molecule has 0 saturated carbocycles. The van der Waals surface area contributed by atoms with Gasteiger partial charge in [0.05, 0.1) is 5.56 Å². The number of anilines is 1. The number of phenols is 1. The SMILES string of the molecule is Cc1cc(O)c(C(C)C)cc1NC(=O)c1ccsc1. The van der Waals surface area contributed by atoms with E-state index < -0.39 is 0 Å². The Morgan fingerprint density at radius 1 is 1.37 bits per heavy atom. The first-order valence-electron chi connectivity index (χ1n) is 6.16. The zero-order chi connectivity index (χ0) is 14.0. The molecule has 1 heterocycles. The largest absolute Gasteiger partial charge is 0.508 e. The van der Waals surface area contributed by atoms with Crippen molar-refractivity contribution < 1.29 is 9.90 Å². The van der Waals surface area contributed by atoms with Crippen LogP contribution in [0.1, 0.15) is 41.3 Å². The third kappa shape index (κ3) is 2.96. The predicted octanol–water partition coefficient (Wildman–Crippen LogP) is 4.14. The van der Waals surface area contributed by atoms with Crippen molar-refractivity contribution in [1.29, 1.82) is 0 Å². The van der Waals surface area contributed by atoms with E-state index in [0.29, 0.717) is 5.56 Å². The average molecular weight is 275 g/mol. The summed E-state index contributed by atoms with van der Waals surface area (Å²) in [6, 6.07) is 5.33. The molecule has 0 aliphatic heterocycles. The van der Waals surface area contributed by atoms with E-state index in [0.717, 1.165) is 16.8 Å². The first-order chi connectivity index (χ1) is 8.99. The Labute approximate surface area is 116 Å². The number of carbonyl (C=O) groups is 1. The molecule has 0 bridgehead atoms. The summed E-state index contributed by atoms with van der Waals surface area (Å²) in [5.41, 5.74) is 3.10. The molecule has 0 aliphatic rings. The topological polar surface area (TPSA) is 49.3 Å². The fraction of sp³-hybridized carbons (Fsp3) is 0.267. The monoisotopic (exact) mass is 275 g/mol. The lowest BCUT2D eigenvalue weighted by Gasteiger charge is -2.14. The summed E-state index contributed by atoms with van der Waals surface area (Å²) >= 11 is 1.49. The highest BCUT2D eigenvalue weighted by atomic mass is 32.1. The van der Waals surface area contributed by atoms with Gasteiger partial charge in [-0.1, -0.05) is 13.8 Å². The van der Waals surface area contributed by atoms with E-state index in [9.17, 15) is 9.90 Å². The zero-order valence-electron chi connectivity index (χ0n) is 11.2. The van der Waals surface area contributed by atoms with Gasteiger partial charge in [-0.25, -0.2) is 0 Å². The van der Waals surface area contributed by atoms with Gasteiger partial charge in [-0.15, -0.1) is 0 Å². The molecule has 3 nitrogen and oxygen atoms in total. The average Bonchev–Trinajstić information content (AvgIpc) is 2.85. The summed E-state index contributed by atoms with van der Waals surface area (Å²) in [6.07, 6.45) is 0. The van der Waals surface area contributed by atoms with Crippen LogP contribution in [-0.4, -0.2) is 11.0 Å². The molecule has 1 aromatic heterocycles. The standard InChI is InChI=1S/C15H17NO2S/c1-9(2)12-7-13(10(3)6-14(12)17)16-15(18)11-4-5-19-8-11/h4-9,17H,1-3H3,(H,16,18). The smallest absolute Gasteiger partial charge is 0.256 e. The molecule has 0 atom stereocenters. The summed E-state index contributed by atoms with van der Waals surface area (Å²) in [5, 5.41) is 16.5. The van der Waals surface area contributed by atoms with Crippen molar-refractivity contribution in [3.05, 3.63) is 45.6 Å². The van der Waals surface area contributed by atoms with E-state index in [1.807, 2.05) is 37.6 Å². The number of carbonyl (C=O) groups excluding carboxylic acids is 1. The molecule has 1 aromatic carbocycles. The highest BCUT2D eigenvalue weighted by Crippen LogP contribution is 2.31. The lowest BCUT2D eigenvalue weighted by atomic mass is 9.99. The second-order valence-electron chi connectivity index (χ2n) is 4.85. The maximum absolute atomic E-state index is 12.0. The molecule has 2 aromatic rings. The van der Waals surface area contributed by atoms with Gasteiger partial charge in [-0.05, 0) is 47.5 Å². The molecule has 0 saturated heterocycles. The van der Waals surface area contributed by atoms with Crippen molar-refractivity contribution in [3.63, 3.8) is 0 Å². The number of aromatic hydroxyl groups is 1. The molecule has 100 valence electrons. The number of benzene rings is 1. The minimum absolute atomic E-state index is 0.121.